The minimum absolute atomic E-state index is 0.254. The average molecular weight is 355 g/mol. The van der Waals surface area contributed by atoms with Crippen LogP contribution in [0.1, 0.15) is 11.7 Å². The van der Waals surface area contributed by atoms with Gasteiger partial charge in [0.15, 0.2) is 0 Å². The lowest BCUT2D eigenvalue weighted by atomic mass is 10.0. The highest BCUT2D eigenvalue weighted by Crippen LogP contribution is 2.39. The number of aliphatic hydroxyl groups is 1. The normalized spacial score (nSPS) is 19.1. The van der Waals surface area contributed by atoms with E-state index in [2.05, 4.69) is 15.9 Å². The molecule has 2 nitrogen and oxygen atoms in total. The maximum absolute atomic E-state index is 14.0. The molecular weight excluding hydrogens is 343 g/mol. The van der Waals surface area contributed by atoms with Crippen LogP contribution < -0.4 is 4.74 Å². The summed E-state index contributed by atoms with van der Waals surface area (Å²) in [6.07, 6.45) is -1.45. The average Bonchev–Trinajstić information content (AvgIpc) is 2.49. The molecule has 1 aliphatic heterocycles. The molecule has 0 fully saturated rings. The van der Waals surface area contributed by atoms with Gasteiger partial charge in [-0.15, -0.1) is 11.8 Å². The van der Waals surface area contributed by atoms with Crippen molar-refractivity contribution in [2.24, 2.45) is 0 Å². The molecule has 5 heteroatoms. The van der Waals surface area contributed by atoms with E-state index in [-0.39, 0.29) is 5.56 Å². The molecule has 20 heavy (non-hydrogen) atoms. The second-order valence-corrected chi connectivity index (χ2v) is 6.42. The standard InChI is InChI=1S/C15H12BrFO2S/c16-10-5-3-4-9(14(10)17)15(18)12-8-20-13-7-2-1-6-11(13)19-12/h1-7,12,15,18H,8H2. The molecule has 0 bridgehead atoms. The van der Waals surface area contributed by atoms with Crippen molar-refractivity contribution >= 4 is 27.7 Å². The summed E-state index contributed by atoms with van der Waals surface area (Å²) in [4.78, 5) is 1.05. The monoisotopic (exact) mass is 354 g/mol. The number of fused-ring (bicyclic) bond motifs is 1. The SMILES string of the molecule is OC(c1cccc(Br)c1F)C1CSc2ccccc2O1. The highest BCUT2D eigenvalue weighted by atomic mass is 79.9. The van der Waals surface area contributed by atoms with E-state index in [4.69, 9.17) is 4.74 Å². The smallest absolute Gasteiger partial charge is 0.143 e. The molecule has 0 saturated heterocycles. The molecule has 1 N–H and O–H groups in total. The van der Waals surface area contributed by atoms with Gasteiger partial charge in [-0.3, -0.25) is 0 Å². The Hall–Kier alpha value is -1.04. The zero-order chi connectivity index (χ0) is 14.1. The number of hydrogen-bond acceptors (Lipinski definition) is 3. The Kier molecular flexibility index (Phi) is 4.01. The molecule has 2 aromatic carbocycles. The number of thioether (sulfide) groups is 1. The van der Waals surface area contributed by atoms with Crippen LogP contribution in [0.15, 0.2) is 51.8 Å². The van der Waals surface area contributed by atoms with Gasteiger partial charge in [0.2, 0.25) is 0 Å². The highest BCUT2D eigenvalue weighted by Gasteiger charge is 2.29. The Labute approximate surface area is 129 Å². The van der Waals surface area contributed by atoms with Crippen molar-refractivity contribution in [1.82, 2.24) is 0 Å². The fraction of sp³-hybridized carbons (Fsp3) is 0.200. The van der Waals surface area contributed by atoms with Crippen molar-refractivity contribution in [1.29, 1.82) is 0 Å². The number of aliphatic hydroxyl groups excluding tert-OH is 1. The maximum Gasteiger partial charge on any atom is 0.143 e. The first kappa shape index (κ1) is 13.9. The number of rotatable bonds is 2. The lowest BCUT2D eigenvalue weighted by molar-refractivity contribution is 0.0433. The fourth-order valence-electron chi connectivity index (χ4n) is 2.14. The molecule has 0 aliphatic carbocycles. The van der Waals surface area contributed by atoms with E-state index in [0.717, 1.165) is 10.6 Å². The van der Waals surface area contributed by atoms with Crippen molar-refractivity contribution in [3.8, 4) is 5.75 Å². The number of benzene rings is 2. The summed E-state index contributed by atoms with van der Waals surface area (Å²) in [7, 11) is 0. The van der Waals surface area contributed by atoms with Crippen molar-refractivity contribution in [2.75, 3.05) is 5.75 Å². The van der Waals surface area contributed by atoms with Crippen LogP contribution in [0.2, 0.25) is 0 Å². The largest absolute Gasteiger partial charge is 0.485 e. The molecule has 0 aromatic heterocycles. The summed E-state index contributed by atoms with van der Waals surface area (Å²) in [6, 6.07) is 12.6. The summed E-state index contributed by atoms with van der Waals surface area (Å²) in [5, 5.41) is 10.4. The van der Waals surface area contributed by atoms with Crippen LogP contribution in [0.4, 0.5) is 4.39 Å². The van der Waals surface area contributed by atoms with E-state index < -0.39 is 18.0 Å². The van der Waals surface area contributed by atoms with E-state index in [1.54, 1.807) is 30.0 Å². The van der Waals surface area contributed by atoms with E-state index in [0.29, 0.717) is 10.2 Å². The number of halogens is 2. The van der Waals surface area contributed by atoms with Crippen LogP contribution in [-0.4, -0.2) is 17.0 Å². The lowest BCUT2D eigenvalue weighted by Crippen LogP contribution is -2.30. The molecule has 0 spiro atoms. The quantitative estimate of drug-likeness (QED) is 0.877. The zero-order valence-corrected chi connectivity index (χ0v) is 12.8. The molecule has 1 aliphatic rings. The van der Waals surface area contributed by atoms with Crippen molar-refractivity contribution in [2.45, 2.75) is 17.1 Å². The predicted octanol–water partition coefficient (Wildman–Crippen LogP) is 4.17. The molecule has 2 aromatic rings. The Morgan fingerprint density at radius 2 is 2.05 bits per heavy atom. The highest BCUT2D eigenvalue weighted by molar-refractivity contribution is 9.10. The topological polar surface area (TPSA) is 29.5 Å². The van der Waals surface area contributed by atoms with Gasteiger partial charge in [0, 0.05) is 16.2 Å². The van der Waals surface area contributed by atoms with Gasteiger partial charge in [-0.1, -0.05) is 24.3 Å². The van der Waals surface area contributed by atoms with E-state index >= 15 is 0 Å². The Balaban J connectivity index is 1.86. The second kappa shape index (κ2) is 5.76. The van der Waals surface area contributed by atoms with Crippen molar-refractivity contribution in [3.63, 3.8) is 0 Å². The van der Waals surface area contributed by atoms with Gasteiger partial charge in [0.25, 0.3) is 0 Å². The second-order valence-electron chi connectivity index (χ2n) is 4.50. The van der Waals surface area contributed by atoms with E-state index in [9.17, 15) is 9.50 Å². The van der Waals surface area contributed by atoms with Gasteiger partial charge in [-0.05, 0) is 34.1 Å². The third-order valence-corrected chi connectivity index (χ3v) is 4.94. The summed E-state index contributed by atoms with van der Waals surface area (Å²) in [5.74, 6) is 0.889. The van der Waals surface area contributed by atoms with E-state index in [1.165, 1.54) is 0 Å². The van der Waals surface area contributed by atoms with Crippen LogP contribution in [0.5, 0.6) is 5.75 Å². The summed E-state index contributed by atoms with van der Waals surface area (Å²) in [5.41, 5.74) is 0.254. The van der Waals surface area contributed by atoms with Gasteiger partial charge >= 0.3 is 0 Å². The van der Waals surface area contributed by atoms with Crippen molar-refractivity contribution in [3.05, 3.63) is 58.3 Å². The Morgan fingerprint density at radius 3 is 2.90 bits per heavy atom. The lowest BCUT2D eigenvalue weighted by Gasteiger charge is -2.29. The molecule has 0 radical (unpaired) electrons. The summed E-state index contributed by atoms with van der Waals surface area (Å²) >= 11 is 4.74. The third-order valence-electron chi connectivity index (χ3n) is 3.18. The number of ether oxygens (including phenoxy) is 1. The van der Waals surface area contributed by atoms with Gasteiger partial charge in [0.05, 0.1) is 4.47 Å². The first-order valence-electron chi connectivity index (χ1n) is 6.17. The van der Waals surface area contributed by atoms with Gasteiger partial charge < -0.3 is 9.84 Å². The predicted molar refractivity (Wildman–Crippen MR) is 80.6 cm³/mol. The Morgan fingerprint density at radius 1 is 1.25 bits per heavy atom. The molecule has 2 atom stereocenters. The first-order valence-corrected chi connectivity index (χ1v) is 7.95. The van der Waals surface area contributed by atoms with Gasteiger partial charge in [0.1, 0.15) is 23.8 Å². The fourth-order valence-corrected chi connectivity index (χ4v) is 3.55. The van der Waals surface area contributed by atoms with Crippen LogP contribution in [-0.2, 0) is 0 Å². The van der Waals surface area contributed by atoms with Crippen LogP contribution in [0, 0.1) is 5.82 Å². The molecule has 3 rings (SSSR count). The van der Waals surface area contributed by atoms with Gasteiger partial charge in [-0.2, -0.15) is 0 Å². The van der Waals surface area contributed by atoms with Crippen molar-refractivity contribution < 1.29 is 14.2 Å². The first-order chi connectivity index (χ1) is 9.66. The Bertz CT molecular complexity index is 635. The minimum Gasteiger partial charge on any atom is -0.485 e. The molecule has 0 saturated carbocycles. The van der Waals surface area contributed by atoms with Gasteiger partial charge in [-0.25, -0.2) is 4.39 Å². The summed E-state index contributed by atoms with van der Waals surface area (Å²) in [6.45, 7) is 0. The molecular formula is C15H12BrFO2S. The van der Waals surface area contributed by atoms with Crippen LogP contribution in [0.25, 0.3) is 0 Å². The summed E-state index contributed by atoms with van der Waals surface area (Å²) < 4.78 is 20.2. The zero-order valence-electron chi connectivity index (χ0n) is 10.4. The van der Waals surface area contributed by atoms with Crippen LogP contribution in [0.3, 0.4) is 0 Å². The number of hydrogen-bond donors (Lipinski definition) is 1. The van der Waals surface area contributed by atoms with Crippen LogP contribution >= 0.6 is 27.7 Å². The molecule has 104 valence electrons. The molecule has 1 heterocycles. The third kappa shape index (κ3) is 2.57. The maximum atomic E-state index is 14.0. The number of para-hydroxylation sites is 1. The molecule has 2 unspecified atom stereocenters. The minimum atomic E-state index is -0.992. The molecule has 0 amide bonds. The van der Waals surface area contributed by atoms with E-state index in [1.807, 2.05) is 24.3 Å².